The van der Waals surface area contributed by atoms with Crippen LogP contribution in [0.25, 0.3) is 33.3 Å². The largest absolute Gasteiger partial charge is 0.495 e. The van der Waals surface area contributed by atoms with Gasteiger partial charge in [0, 0.05) is 23.5 Å². The summed E-state index contributed by atoms with van der Waals surface area (Å²) in [6, 6.07) is 14.4. The molecule has 0 saturated heterocycles. The number of methoxy groups -OCH3 is 1. The highest BCUT2D eigenvalue weighted by Gasteiger charge is 2.22. The van der Waals surface area contributed by atoms with Crippen molar-refractivity contribution >= 4 is 22.7 Å². The van der Waals surface area contributed by atoms with Gasteiger partial charge in [0.2, 0.25) is 11.8 Å². The summed E-state index contributed by atoms with van der Waals surface area (Å²) >= 11 is 0. The second-order valence-corrected chi connectivity index (χ2v) is 9.20. The van der Waals surface area contributed by atoms with Gasteiger partial charge in [-0.25, -0.2) is 0 Å². The molecule has 1 aliphatic carbocycles. The second-order valence-electron chi connectivity index (χ2n) is 9.20. The van der Waals surface area contributed by atoms with Gasteiger partial charge in [-0.15, -0.1) is 0 Å². The molecule has 0 radical (unpaired) electrons. The molecule has 36 heavy (non-hydrogen) atoms. The molecule has 8 heteroatoms. The summed E-state index contributed by atoms with van der Waals surface area (Å²) in [6.07, 6.45) is 10.2. The third kappa shape index (κ3) is 4.26. The van der Waals surface area contributed by atoms with Crippen LogP contribution in [0.15, 0.2) is 61.1 Å². The van der Waals surface area contributed by atoms with E-state index in [1.165, 1.54) is 18.4 Å². The molecule has 1 saturated carbocycles. The third-order valence-corrected chi connectivity index (χ3v) is 6.72. The van der Waals surface area contributed by atoms with Crippen LogP contribution in [0, 0.1) is 6.92 Å². The quantitative estimate of drug-likeness (QED) is 0.249. The van der Waals surface area contributed by atoms with Crippen LogP contribution in [-0.2, 0) is 0 Å². The SMILES string of the molecule is COc1cc(-c2cn[nH]c2)ccc1Nc1nc(OC2CCCC2)c2c(-c3ccc(C)cc3)c[nH]c2n1. The minimum Gasteiger partial charge on any atom is -0.495 e. The zero-order valence-corrected chi connectivity index (χ0v) is 20.3. The molecule has 5 aromatic rings. The van der Waals surface area contributed by atoms with Crippen molar-refractivity contribution in [1.29, 1.82) is 0 Å². The highest BCUT2D eigenvalue weighted by atomic mass is 16.5. The predicted molar refractivity (Wildman–Crippen MR) is 141 cm³/mol. The monoisotopic (exact) mass is 480 g/mol. The predicted octanol–water partition coefficient (Wildman–Crippen LogP) is 6.40. The summed E-state index contributed by atoms with van der Waals surface area (Å²) in [6.45, 7) is 2.09. The van der Waals surface area contributed by atoms with Gasteiger partial charge >= 0.3 is 0 Å². The first kappa shape index (κ1) is 22.2. The first-order valence-corrected chi connectivity index (χ1v) is 12.2. The Bertz CT molecular complexity index is 1490. The van der Waals surface area contributed by atoms with E-state index < -0.39 is 0 Å². The Morgan fingerprint density at radius 1 is 0.944 bits per heavy atom. The van der Waals surface area contributed by atoms with Gasteiger partial charge in [-0.2, -0.15) is 15.1 Å². The lowest BCUT2D eigenvalue weighted by Crippen LogP contribution is -2.13. The molecule has 6 rings (SSSR count). The van der Waals surface area contributed by atoms with Crippen LogP contribution < -0.4 is 14.8 Å². The number of hydrogen-bond acceptors (Lipinski definition) is 6. The van der Waals surface area contributed by atoms with Gasteiger partial charge in [-0.1, -0.05) is 35.9 Å². The van der Waals surface area contributed by atoms with E-state index in [9.17, 15) is 0 Å². The summed E-state index contributed by atoms with van der Waals surface area (Å²) in [7, 11) is 1.65. The number of fused-ring (bicyclic) bond motifs is 1. The Labute approximate surface area is 209 Å². The number of H-pyrrole nitrogens is 2. The second kappa shape index (κ2) is 9.37. The lowest BCUT2D eigenvalue weighted by Gasteiger charge is -2.16. The van der Waals surface area contributed by atoms with Crippen molar-refractivity contribution in [2.75, 3.05) is 12.4 Å². The van der Waals surface area contributed by atoms with E-state index in [2.05, 4.69) is 51.7 Å². The average Bonchev–Trinajstić information content (AvgIpc) is 3.67. The van der Waals surface area contributed by atoms with Crippen LogP contribution in [0.1, 0.15) is 31.2 Å². The molecule has 1 fully saturated rings. The average molecular weight is 481 g/mol. The molecule has 0 bridgehead atoms. The number of hydrogen-bond donors (Lipinski definition) is 3. The molecule has 3 heterocycles. The topological polar surface area (TPSA) is 101 Å². The number of aryl methyl sites for hydroxylation is 1. The zero-order valence-electron chi connectivity index (χ0n) is 20.3. The van der Waals surface area contributed by atoms with Crippen molar-refractivity contribution in [3.8, 4) is 33.9 Å². The molecule has 0 aliphatic heterocycles. The maximum Gasteiger partial charge on any atom is 0.232 e. The Balaban J connectivity index is 1.40. The summed E-state index contributed by atoms with van der Waals surface area (Å²) in [5.41, 5.74) is 6.83. The van der Waals surface area contributed by atoms with Gasteiger partial charge in [0.25, 0.3) is 0 Å². The lowest BCUT2D eigenvalue weighted by atomic mass is 10.0. The lowest BCUT2D eigenvalue weighted by molar-refractivity contribution is 0.204. The highest BCUT2D eigenvalue weighted by molar-refractivity contribution is 5.98. The molecule has 8 nitrogen and oxygen atoms in total. The van der Waals surface area contributed by atoms with Crippen LogP contribution in [0.2, 0.25) is 0 Å². The van der Waals surface area contributed by atoms with Crippen molar-refractivity contribution in [1.82, 2.24) is 25.1 Å². The van der Waals surface area contributed by atoms with E-state index in [4.69, 9.17) is 19.4 Å². The van der Waals surface area contributed by atoms with Crippen LogP contribution in [0.4, 0.5) is 11.6 Å². The number of aromatic amines is 2. The molecule has 3 N–H and O–H groups in total. The van der Waals surface area contributed by atoms with Crippen molar-refractivity contribution in [2.45, 2.75) is 38.7 Å². The van der Waals surface area contributed by atoms with Crippen molar-refractivity contribution < 1.29 is 9.47 Å². The zero-order chi connectivity index (χ0) is 24.5. The molecule has 1 aliphatic rings. The third-order valence-electron chi connectivity index (χ3n) is 6.72. The number of nitrogens with one attached hydrogen (secondary N) is 3. The summed E-state index contributed by atoms with van der Waals surface area (Å²) in [4.78, 5) is 13.0. The number of anilines is 2. The standard InChI is InChI=1S/C28H28N6O2/c1-17-7-9-18(10-8-17)22-16-29-26-25(22)27(36-21-5-3-4-6-21)34-28(33-26)32-23-12-11-19(13-24(23)35-2)20-14-30-31-15-20/h7-16,21H,3-6H2,1-2H3,(H,30,31)(H2,29,32,33,34). The Hall–Kier alpha value is -4.33. The number of aromatic nitrogens is 5. The first-order valence-electron chi connectivity index (χ1n) is 12.2. The number of ether oxygens (including phenoxy) is 2. The minimum atomic E-state index is 0.167. The summed E-state index contributed by atoms with van der Waals surface area (Å²) in [5, 5.41) is 11.1. The fraction of sp³-hybridized carbons (Fsp3) is 0.250. The Morgan fingerprint density at radius 3 is 2.50 bits per heavy atom. The molecule has 3 aromatic heterocycles. The maximum atomic E-state index is 6.48. The summed E-state index contributed by atoms with van der Waals surface area (Å²) < 4.78 is 12.1. The molecule has 182 valence electrons. The van der Waals surface area contributed by atoms with Crippen LogP contribution in [-0.4, -0.2) is 38.4 Å². The maximum absolute atomic E-state index is 6.48. The Kier molecular flexibility index (Phi) is 5.77. The number of rotatable bonds is 7. The highest BCUT2D eigenvalue weighted by Crippen LogP contribution is 2.38. The van der Waals surface area contributed by atoms with Gasteiger partial charge in [0.05, 0.1) is 24.4 Å². The molecule has 0 spiro atoms. The number of nitrogens with zero attached hydrogens (tertiary/aromatic N) is 3. The molecule has 0 amide bonds. The van der Waals surface area contributed by atoms with Gasteiger partial charge in [0.15, 0.2) is 0 Å². The molecule has 2 aromatic carbocycles. The number of benzene rings is 2. The fourth-order valence-electron chi connectivity index (χ4n) is 4.77. The van der Waals surface area contributed by atoms with E-state index in [0.717, 1.165) is 51.8 Å². The van der Waals surface area contributed by atoms with E-state index in [0.29, 0.717) is 17.6 Å². The van der Waals surface area contributed by atoms with Crippen LogP contribution >= 0.6 is 0 Å². The van der Waals surface area contributed by atoms with E-state index in [-0.39, 0.29) is 6.10 Å². The first-order chi connectivity index (χ1) is 17.7. The smallest absolute Gasteiger partial charge is 0.232 e. The van der Waals surface area contributed by atoms with Crippen molar-refractivity contribution in [2.24, 2.45) is 0 Å². The van der Waals surface area contributed by atoms with E-state index in [1.54, 1.807) is 13.3 Å². The molecular weight excluding hydrogens is 452 g/mol. The molecule has 0 atom stereocenters. The minimum absolute atomic E-state index is 0.167. The Morgan fingerprint density at radius 2 is 1.75 bits per heavy atom. The van der Waals surface area contributed by atoms with Crippen molar-refractivity contribution in [3.05, 3.63) is 66.6 Å². The summed E-state index contributed by atoms with van der Waals surface area (Å²) in [5.74, 6) is 1.73. The van der Waals surface area contributed by atoms with Gasteiger partial charge in [-0.3, -0.25) is 5.10 Å². The molecular formula is C28H28N6O2. The fourth-order valence-corrected chi connectivity index (χ4v) is 4.77. The van der Waals surface area contributed by atoms with Crippen LogP contribution in [0.3, 0.4) is 0 Å². The normalized spacial score (nSPS) is 13.8. The van der Waals surface area contributed by atoms with Crippen molar-refractivity contribution in [3.63, 3.8) is 0 Å². The molecule has 0 unspecified atom stereocenters. The van der Waals surface area contributed by atoms with E-state index in [1.807, 2.05) is 30.6 Å². The van der Waals surface area contributed by atoms with Gasteiger partial charge in [0.1, 0.15) is 17.5 Å². The van der Waals surface area contributed by atoms with Crippen LogP contribution in [0.5, 0.6) is 11.6 Å². The van der Waals surface area contributed by atoms with Gasteiger partial charge < -0.3 is 19.8 Å². The van der Waals surface area contributed by atoms with E-state index >= 15 is 0 Å². The van der Waals surface area contributed by atoms with Gasteiger partial charge in [-0.05, 0) is 55.9 Å².